The van der Waals surface area contributed by atoms with Crippen molar-refractivity contribution in [3.8, 4) is 11.5 Å². The number of hydrazone groups is 1. The van der Waals surface area contributed by atoms with E-state index in [2.05, 4.69) is 26.5 Å². The third kappa shape index (κ3) is 8.24. The van der Waals surface area contributed by atoms with Crippen LogP contribution in [0.4, 0.5) is 5.69 Å². The first kappa shape index (κ1) is 29.1. The summed E-state index contributed by atoms with van der Waals surface area (Å²) in [6.07, 6.45) is 2.40. The maximum absolute atomic E-state index is 12.4. The van der Waals surface area contributed by atoms with Gasteiger partial charge in [-0.05, 0) is 75.6 Å². The van der Waals surface area contributed by atoms with Crippen LogP contribution in [0, 0.1) is 0 Å². The number of methoxy groups -OCH3 is 1. The highest BCUT2D eigenvalue weighted by Crippen LogP contribution is 2.37. The Morgan fingerprint density at radius 3 is 2.41 bits per heavy atom. The van der Waals surface area contributed by atoms with Gasteiger partial charge in [0.15, 0.2) is 11.5 Å². The van der Waals surface area contributed by atoms with Crippen LogP contribution < -0.4 is 19.2 Å². The average Bonchev–Trinajstić information content (AvgIpc) is 2.83. The molecular formula is C24H21BrCl3N3O5S. The summed E-state index contributed by atoms with van der Waals surface area (Å²) in [7, 11) is -2.23. The van der Waals surface area contributed by atoms with Gasteiger partial charge in [0, 0.05) is 5.02 Å². The van der Waals surface area contributed by atoms with Crippen molar-refractivity contribution in [1.82, 2.24) is 5.43 Å². The molecule has 13 heteroatoms. The predicted octanol–water partition coefficient (Wildman–Crippen LogP) is 5.91. The van der Waals surface area contributed by atoms with Gasteiger partial charge in [0.05, 0.1) is 39.8 Å². The molecule has 8 nitrogen and oxygen atoms in total. The third-order valence-electron chi connectivity index (χ3n) is 4.82. The fourth-order valence-corrected chi connectivity index (χ4v) is 4.97. The number of hydrogen-bond acceptors (Lipinski definition) is 6. The molecule has 0 saturated carbocycles. The molecule has 3 rings (SSSR count). The minimum atomic E-state index is -3.73. The number of nitrogens with one attached hydrogen (secondary N) is 1. The first-order valence-electron chi connectivity index (χ1n) is 10.5. The summed E-state index contributed by atoms with van der Waals surface area (Å²) in [4.78, 5) is 12.4. The molecule has 0 aliphatic rings. The van der Waals surface area contributed by atoms with E-state index in [4.69, 9.17) is 44.3 Å². The zero-order chi connectivity index (χ0) is 27.2. The van der Waals surface area contributed by atoms with Gasteiger partial charge in [0.1, 0.15) is 13.2 Å². The summed E-state index contributed by atoms with van der Waals surface area (Å²) < 4.78 is 37.3. The van der Waals surface area contributed by atoms with Crippen molar-refractivity contribution >= 4 is 78.6 Å². The van der Waals surface area contributed by atoms with E-state index in [0.29, 0.717) is 42.3 Å². The smallest absolute Gasteiger partial charge is 0.260 e. The second-order valence-electron chi connectivity index (χ2n) is 7.61. The van der Waals surface area contributed by atoms with Crippen molar-refractivity contribution in [2.45, 2.75) is 6.61 Å². The van der Waals surface area contributed by atoms with Crippen LogP contribution in [0.3, 0.4) is 0 Å². The molecule has 0 aliphatic heterocycles. The molecule has 196 valence electrons. The van der Waals surface area contributed by atoms with E-state index in [1.807, 2.05) is 0 Å². The number of rotatable bonds is 10. The number of ether oxygens (including phenoxy) is 2. The van der Waals surface area contributed by atoms with Gasteiger partial charge in [0.25, 0.3) is 5.91 Å². The molecule has 0 saturated heterocycles. The zero-order valence-corrected chi connectivity index (χ0v) is 24.2. The second-order valence-corrected chi connectivity index (χ2v) is 11.6. The third-order valence-corrected chi connectivity index (χ3v) is 7.54. The molecule has 1 N–H and O–H groups in total. The van der Waals surface area contributed by atoms with Crippen molar-refractivity contribution in [2.75, 3.05) is 24.2 Å². The van der Waals surface area contributed by atoms with Crippen LogP contribution in [0.15, 0.2) is 64.2 Å². The first-order valence-corrected chi connectivity index (χ1v) is 14.2. The van der Waals surface area contributed by atoms with Crippen LogP contribution in [0.5, 0.6) is 11.5 Å². The Kier molecular flexibility index (Phi) is 10.1. The van der Waals surface area contributed by atoms with E-state index >= 15 is 0 Å². The Bertz CT molecular complexity index is 1420. The molecule has 0 spiro atoms. The molecule has 37 heavy (non-hydrogen) atoms. The molecule has 3 aromatic carbocycles. The lowest BCUT2D eigenvalue weighted by atomic mass is 10.2. The molecule has 0 aromatic heterocycles. The summed E-state index contributed by atoms with van der Waals surface area (Å²) in [5, 5.41) is 5.25. The number of carbonyl (C=O) groups excluding carboxylic acids is 1. The highest BCUT2D eigenvalue weighted by Gasteiger charge is 2.20. The molecule has 3 aromatic rings. The van der Waals surface area contributed by atoms with Crippen LogP contribution in [-0.4, -0.2) is 40.4 Å². The lowest BCUT2D eigenvalue weighted by Gasteiger charge is -2.21. The van der Waals surface area contributed by atoms with Gasteiger partial charge >= 0.3 is 0 Å². The molecule has 0 aliphatic carbocycles. The number of benzene rings is 3. The Labute approximate surface area is 238 Å². The zero-order valence-electron chi connectivity index (χ0n) is 19.5. The van der Waals surface area contributed by atoms with Crippen molar-refractivity contribution in [1.29, 1.82) is 0 Å². The number of sulfonamides is 1. The second kappa shape index (κ2) is 12.8. The topological polar surface area (TPSA) is 97.3 Å². The molecule has 0 atom stereocenters. The Balaban J connectivity index is 1.67. The molecular weight excluding hydrogens is 629 g/mol. The van der Waals surface area contributed by atoms with Gasteiger partial charge in [-0.25, -0.2) is 13.8 Å². The molecule has 0 radical (unpaired) electrons. The number of carbonyl (C=O) groups is 1. The normalized spacial score (nSPS) is 11.4. The summed E-state index contributed by atoms with van der Waals surface area (Å²) in [5.41, 5.74) is 4.04. The molecule has 0 fully saturated rings. The summed E-state index contributed by atoms with van der Waals surface area (Å²) >= 11 is 21.3. The SMILES string of the molecule is COc1cc(/C=N\NC(=O)CN(c2ccc(Cl)cc2)S(C)(=O)=O)cc(Br)c1OCc1ccc(Cl)c(Cl)c1. The predicted molar refractivity (Wildman–Crippen MR) is 151 cm³/mol. The number of amides is 1. The van der Waals surface area contributed by atoms with E-state index in [1.54, 1.807) is 30.3 Å². The van der Waals surface area contributed by atoms with Crippen LogP contribution in [0.1, 0.15) is 11.1 Å². The van der Waals surface area contributed by atoms with Crippen LogP contribution in [0.2, 0.25) is 15.1 Å². The van der Waals surface area contributed by atoms with Crippen molar-refractivity contribution in [3.63, 3.8) is 0 Å². The van der Waals surface area contributed by atoms with Crippen molar-refractivity contribution in [3.05, 3.63) is 85.3 Å². The minimum absolute atomic E-state index is 0.222. The Morgan fingerprint density at radius 1 is 1.08 bits per heavy atom. The van der Waals surface area contributed by atoms with Gasteiger partial charge in [-0.15, -0.1) is 0 Å². The molecule has 1 amide bonds. The van der Waals surface area contributed by atoms with E-state index in [1.165, 1.54) is 37.6 Å². The number of anilines is 1. The van der Waals surface area contributed by atoms with E-state index in [9.17, 15) is 13.2 Å². The lowest BCUT2D eigenvalue weighted by molar-refractivity contribution is -0.119. The summed E-state index contributed by atoms with van der Waals surface area (Å²) in [6, 6.07) is 14.7. The quantitative estimate of drug-likeness (QED) is 0.218. The molecule has 0 heterocycles. The van der Waals surface area contributed by atoms with Crippen LogP contribution >= 0.6 is 50.7 Å². The van der Waals surface area contributed by atoms with Crippen molar-refractivity contribution in [2.24, 2.45) is 5.10 Å². The number of halogens is 4. The van der Waals surface area contributed by atoms with Gasteiger partial charge < -0.3 is 9.47 Å². The monoisotopic (exact) mass is 647 g/mol. The van der Waals surface area contributed by atoms with Crippen molar-refractivity contribution < 1.29 is 22.7 Å². The van der Waals surface area contributed by atoms with Gasteiger partial charge in [-0.1, -0.05) is 40.9 Å². The van der Waals surface area contributed by atoms with E-state index in [0.717, 1.165) is 16.1 Å². The minimum Gasteiger partial charge on any atom is -0.493 e. The van der Waals surface area contributed by atoms with Gasteiger partial charge in [0.2, 0.25) is 10.0 Å². The van der Waals surface area contributed by atoms with Gasteiger partial charge in [-0.2, -0.15) is 5.10 Å². The van der Waals surface area contributed by atoms with Gasteiger partial charge in [-0.3, -0.25) is 9.10 Å². The standard InChI is InChI=1S/C24H21BrCl3N3O5S/c1-35-22-11-16(9-19(25)24(22)36-14-15-3-8-20(27)21(28)10-15)12-29-30-23(32)13-31(37(2,33)34)18-6-4-17(26)5-7-18/h3-12H,13-14H2,1-2H3,(H,30,32)/b29-12-. The molecule has 0 bridgehead atoms. The fraction of sp³-hybridized carbons (Fsp3) is 0.167. The highest BCUT2D eigenvalue weighted by atomic mass is 79.9. The Morgan fingerprint density at radius 2 is 1.78 bits per heavy atom. The number of nitrogens with zero attached hydrogens (tertiary/aromatic N) is 2. The summed E-state index contributed by atoms with van der Waals surface area (Å²) in [6.45, 7) is -0.244. The Hall–Kier alpha value is -2.50. The summed E-state index contributed by atoms with van der Waals surface area (Å²) in [5.74, 6) is 0.249. The maximum atomic E-state index is 12.4. The van der Waals surface area contributed by atoms with E-state index < -0.39 is 22.5 Å². The van der Waals surface area contributed by atoms with Crippen LogP contribution in [-0.2, 0) is 21.4 Å². The largest absolute Gasteiger partial charge is 0.493 e. The number of hydrogen-bond donors (Lipinski definition) is 1. The first-order chi connectivity index (χ1) is 17.5. The van der Waals surface area contributed by atoms with Crippen LogP contribution in [0.25, 0.3) is 0 Å². The van der Waals surface area contributed by atoms with E-state index in [-0.39, 0.29) is 6.61 Å². The highest BCUT2D eigenvalue weighted by molar-refractivity contribution is 9.10. The average molecular weight is 650 g/mol. The lowest BCUT2D eigenvalue weighted by Crippen LogP contribution is -2.38. The fourth-order valence-electron chi connectivity index (χ4n) is 3.09. The molecule has 0 unspecified atom stereocenters. The maximum Gasteiger partial charge on any atom is 0.260 e.